The number of carbonyl (C=O) groups excluding carboxylic acids is 1. The molecule has 3 aromatic rings. The molecular weight excluding hydrogens is 364 g/mol. The number of hydrogen-bond acceptors (Lipinski definition) is 3. The van der Waals surface area contributed by atoms with E-state index < -0.39 is 11.5 Å². The van der Waals surface area contributed by atoms with Gasteiger partial charge in [-0.15, -0.1) is 0 Å². The van der Waals surface area contributed by atoms with Crippen LogP contribution in [0.1, 0.15) is 34.3 Å². The lowest BCUT2D eigenvalue weighted by atomic mass is 9.87. The van der Waals surface area contributed by atoms with Crippen LogP contribution in [0.5, 0.6) is 0 Å². The Hall–Kier alpha value is -2.77. The Bertz CT molecular complexity index is 1090. The lowest BCUT2D eigenvalue weighted by Gasteiger charge is -2.31. The number of nitrogens with one attached hydrogen (secondary N) is 3. The first-order chi connectivity index (χ1) is 13.6. The second-order valence-electron chi connectivity index (χ2n) is 7.37. The van der Waals surface area contributed by atoms with Gasteiger partial charge in [0.1, 0.15) is 12.4 Å². The first kappa shape index (κ1) is 17.3. The Balaban J connectivity index is 1.63. The van der Waals surface area contributed by atoms with Crippen molar-refractivity contribution in [1.82, 2.24) is 15.8 Å². The Morgan fingerprint density at radius 1 is 1.18 bits per heavy atom. The zero-order valence-corrected chi connectivity index (χ0v) is 15.1. The zero-order valence-electron chi connectivity index (χ0n) is 15.1. The molecule has 144 valence electrons. The molecule has 3 heterocycles. The van der Waals surface area contributed by atoms with Crippen LogP contribution in [0, 0.1) is 5.82 Å². The van der Waals surface area contributed by atoms with Crippen molar-refractivity contribution in [3.63, 3.8) is 0 Å². The zero-order chi connectivity index (χ0) is 19.3. The van der Waals surface area contributed by atoms with E-state index >= 15 is 4.39 Å². The number of benzene rings is 2. The molecule has 5 rings (SSSR count). The molecule has 2 aromatic carbocycles. The monoisotopic (exact) mass is 383 g/mol. The number of aromatic amines is 1. The van der Waals surface area contributed by atoms with Crippen molar-refractivity contribution in [2.75, 3.05) is 13.1 Å². The number of aromatic nitrogens is 1. The molecule has 0 radical (unpaired) electrons. The van der Waals surface area contributed by atoms with Gasteiger partial charge >= 0.3 is 0 Å². The summed E-state index contributed by atoms with van der Waals surface area (Å²) in [6.45, 7) is 1.02. The summed E-state index contributed by atoms with van der Waals surface area (Å²) in [4.78, 5) is 20.7. The molecule has 0 saturated carbocycles. The predicted octanol–water partition coefficient (Wildman–Crippen LogP) is 3.70. The topological polar surface area (TPSA) is 66.2 Å². The van der Waals surface area contributed by atoms with Crippen molar-refractivity contribution in [2.45, 2.75) is 25.1 Å². The van der Waals surface area contributed by atoms with Crippen LogP contribution in [0.3, 0.4) is 0 Å². The van der Waals surface area contributed by atoms with Crippen LogP contribution in [0.25, 0.3) is 22.2 Å². The molecule has 1 unspecified atom stereocenters. The van der Waals surface area contributed by atoms with Crippen LogP contribution >= 0.6 is 0 Å². The van der Waals surface area contributed by atoms with Gasteiger partial charge < -0.3 is 10.3 Å². The van der Waals surface area contributed by atoms with Gasteiger partial charge in [0.2, 0.25) is 0 Å². The molecule has 1 saturated heterocycles. The number of rotatable bonds is 2. The molecule has 3 N–H and O–H groups in total. The number of carbonyl (C=O) groups is 1. The van der Waals surface area contributed by atoms with Gasteiger partial charge in [0.15, 0.2) is 5.67 Å². The van der Waals surface area contributed by atoms with Crippen molar-refractivity contribution < 1.29 is 18.4 Å². The minimum absolute atomic E-state index is 0.0826. The highest BCUT2D eigenvalue weighted by atomic mass is 19.1. The summed E-state index contributed by atoms with van der Waals surface area (Å²) in [7, 11) is 0. The predicted molar refractivity (Wildman–Crippen MR) is 101 cm³/mol. The van der Waals surface area contributed by atoms with E-state index in [-0.39, 0.29) is 24.6 Å². The van der Waals surface area contributed by atoms with Gasteiger partial charge in [0.25, 0.3) is 5.91 Å². The highest BCUT2D eigenvalue weighted by Gasteiger charge is 2.36. The molecule has 1 amide bonds. The van der Waals surface area contributed by atoms with E-state index in [0.29, 0.717) is 29.7 Å². The SMILES string of the molecule is O=C1NOCc2c(-c3ccc(C4(F)CCCNC4)c(F)c3)[nH]c3cccc1c23. The van der Waals surface area contributed by atoms with Crippen molar-refractivity contribution in [3.05, 3.63) is 58.9 Å². The summed E-state index contributed by atoms with van der Waals surface area (Å²) in [6, 6.07) is 9.96. The van der Waals surface area contributed by atoms with Crippen LogP contribution in [0.15, 0.2) is 36.4 Å². The highest BCUT2D eigenvalue weighted by molar-refractivity contribution is 6.09. The molecule has 2 aliphatic heterocycles. The Labute approximate surface area is 160 Å². The maximum Gasteiger partial charge on any atom is 0.275 e. The quantitative estimate of drug-likeness (QED) is 0.632. The molecule has 1 aromatic heterocycles. The fraction of sp³-hybridized carbons (Fsp3) is 0.286. The average Bonchev–Trinajstić information content (AvgIpc) is 2.98. The summed E-state index contributed by atoms with van der Waals surface area (Å²) in [5.74, 6) is -0.890. The normalized spacial score (nSPS) is 22.1. The van der Waals surface area contributed by atoms with Crippen molar-refractivity contribution in [1.29, 1.82) is 0 Å². The average molecular weight is 383 g/mol. The third kappa shape index (κ3) is 2.62. The number of amides is 1. The van der Waals surface area contributed by atoms with Gasteiger partial charge in [0, 0.05) is 34.1 Å². The maximum atomic E-state index is 15.2. The fourth-order valence-corrected chi connectivity index (χ4v) is 4.26. The minimum Gasteiger partial charge on any atom is -0.354 e. The summed E-state index contributed by atoms with van der Waals surface area (Å²) in [5, 5.41) is 3.76. The summed E-state index contributed by atoms with van der Waals surface area (Å²) >= 11 is 0. The summed E-state index contributed by atoms with van der Waals surface area (Å²) < 4.78 is 30.1. The lowest BCUT2D eigenvalue weighted by molar-refractivity contribution is 0.0256. The van der Waals surface area contributed by atoms with Crippen molar-refractivity contribution >= 4 is 16.8 Å². The van der Waals surface area contributed by atoms with Crippen LogP contribution in [0.2, 0.25) is 0 Å². The number of H-pyrrole nitrogens is 1. The summed E-state index contributed by atoms with van der Waals surface area (Å²) in [5.41, 5.74) is 4.08. The Kier molecular flexibility index (Phi) is 3.96. The number of piperidine rings is 1. The van der Waals surface area contributed by atoms with E-state index in [9.17, 15) is 9.18 Å². The van der Waals surface area contributed by atoms with Gasteiger partial charge in [-0.25, -0.2) is 14.3 Å². The van der Waals surface area contributed by atoms with Gasteiger partial charge in [-0.3, -0.25) is 9.63 Å². The second-order valence-corrected chi connectivity index (χ2v) is 7.37. The first-order valence-corrected chi connectivity index (χ1v) is 9.32. The number of hydroxylamine groups is 1. The second kappa shape index (κ2) is 6.39. The molecule has 7 heteroatoms. The van der Waals surface area contributed by atoms with Crippen molar-refractivity contribution in [3.8, 4) is 11.3 Å². The molecule has 0 spiro atoms. The maximum absolute atomic E-state index is 15.2. The first-order valence-electron chi connectivity index (χ1n) is 9.32. The highest BCUT2D eigenvalue weighted by Crippen LogP contribution is 2.38. The molecule has 5 nitrogen and oxygen atoms in total. The minimum atomic E-state index is -1.69. The molecule has 2 aliphatic rings. The van der Waals surface area contributed by atoms with E-state index in [1.165, 1.54) is 12.1 Å². The van der Waals surface area contributed by atoms with Gasteiger partial charge in [-0.05, 0) is 37.6 Å². The number of hydrogen-bond donors (Lipinski definition) is 3. The third-order valence-corrected chi connectivity index (χ3v) is 5.63. The molecular formula is C21H19F2N3O2. The standard InChI is InChI=1S/C21H19F2N3O2/c22-16-9-12(5-6-15(16)21(23)7-2-8-24-11-21)19-14-10-28-26-20(27)13-3-1-4-17(25-19)18(13)14/h1,3-6,9,24-25H,2,7-8,10-11H2,(H,26,27). The molecule has 1 atom stereocenters. The largest absolute Gasteiger partial charge is 0.354 e. The Morgan fingerprint density at radius 2 is 2.07 bits per heavy atom. The fourth-order valence-electron chi connectivity index (χ4n) is 4.26. The molecule has 28 heavy (non-hydrogen) atoms. The van der Waals surface area contributed by atoms with Gasteiger partial charge in [-0.2, -0.15) is 0 Å². The van der Waals surface area contributed by atoms with E-state index in [0.717, 1.165) is 23.0 Å². The molecule has 0 aliphatic carbocycles. The van der Waals surface area contributed by atoms with Crippen molar-refractivity contribution in [2.24, 2.45) is 0 Å². The smallest absolute Gasteiger partial charge is 0.275 e. The molecule has 0 bridgehead atoms. The van der Waals surface area contributed by atoms with Crippen LogP contribution < -0.4 is 10.8 Å². The number of alkyl halides is 1. The molecule has 1 fully saturated rings. The van der Waals surface area contributed by atoms with E-state index in [1.807, 2.05) is 6.07 Å². The van der Waals surface area contributed by atoms with E-state index in [2.05, 4.69) is 15.8 Å². The Morgan fingerprint density at radius 3 is 2.86 bits per heavy atom. The van der Waals surface area contributed by atoms with Gasteiger partial charge in [-0.1, -0.05) is 18.2 Å². The summed E-state index contributed by atoms with van der Waals surface area (Å²) in [6.07, 6.45) is 0.976. The third-order valence-electron chi connectivity index (χ3n) is 5.63. The number of halogens is 2. The van der Waals surface area contributed by atoms with E-state index in [4.69, 9.17) is 4.84 Å². The van der Waals surface area contributed by atoms with Crippen LogP contribution in [-0.4, -0.2) is 24.0 Å². The van der Waals surface area contributed by atoms with Crippen LogP contribution in [0.4, 0.5) is 8.78 Å². The lowest BCUT2D eigenvalue weighted by Crippen LogP contribution is -2.40. The van der Waals surface area contributed by atoms with Crippen LogP contribution in [-0.2, 0) is 17.1 Å². The van der Waals surface area contributed by atoms with E-state index in [1.54, 1.807) is 18.2 Å². The van der Waals surface area contributed by atoms with Gasteiger partial charge in [0.05, 0.1) is 11.3 Å².